The molecule has 1 heterocycles. The zero-order chi connectivity index (χ0) is 20.1. The number of hydrogen-bond acceptors (Lipinski definition) is 4. The van der Waals surface area contributed by atoms with Crippen molar-refractivity contribution >= 4 is 27.5 Å². The van der Waals surface area contributed by atoms with Crippen LogP contribution in [0.2, 0.25) is 0 Å². The van der Waals surface area contributed by atoms with E-state index in [9.17, 15) is 18.0 Å². The smallest absolute Gasteiger partial charge is 0.240 e. The maximum absolute atomic E-state index is 12.4. The minimum Gasteiger partial charge on any atom is -0.352 e. The van der Waals surface area contributed by atoms with Gasteiger partial charge in [-0.2, -0.15) is 0 Å². The molecule has 3 N–H and O–H groups in total. The number of anilines is 1. The maximum Gasteiger partial charge on any atom is 0.240 e. The topological polar surface area (TPSA) is 104 Å². The summed E-state index contributed by atoms with van der Waals surface area (Å²) < 4.78 is 27.3. The zero-order valence-corrected chi connectivity index (χ0v) is 16.4. The Bertz CT molecular complexity index is 985. The third-order valence-corrected chi connectivity index (χ3v) is 6.00. The summed E-state index contributed by atoms with van der Waals surface area (Å²) in [7, 11) is -3.72. The lowest BCUT2D eigenvalue weighted by atomic mass is 10.0. The minimum absolute atomic E-state index is 0.00981. The summed E-state index contributed by atoms with van der Waals surface area (Å²) in [4.78, 5) is 23.5. The highest BCUT2D eigenvalue weighted by atomic mass is 32.2. The third kappa shape index (κ3) is 5.17. The summed E-state index contributed by atoms with van der Waals surface area (Å²) >= 11 is 0. The van der Waals surface area contributed by atoms with Crippen molar-refractivity contribution in [1.29, 1.82) is 0 Å². The number of carbonyl (C=O) groups excluding carboxylic acids is 2. The Balaban J connectivity index is 1.50. The Kier molecular flexibility index (Phi) is 6.11. The van der Waals surface area contributed by atoms with Crippen molar-refractivity contribution in [1.82, 2.24) is 10.0 Å². The molecule has 0 aliphatic carbocycles. The average molecular weight is 401 g/mol. The van der Waals surface area contributed by atoms with Crippen molar-refractivity contribution in [3.05, 3.63) is 59.2 Å². The Labute approximate surface area is 164 Å². The van der Waals surface area contributed by atoms with Gasteiger partial charge in [0, 0.05) is 31.6 Å². The summed E-state index contributed by atoms with van der Waals surface area (Å²) in [5.74, 6) is -0.297. The van der Waals surface area contributed by atoms with Gasteiger partial charge in [-0.3, -0.25) is 9.59 Å². The second kappa shape index (κ2) is 8.53. The van der Waals surface area contributed by atoms with Crippen LogP contribution in [0.25, 0.3) is 0 Å². The van der Waals surface area contributed by atoms with E-state index < -0.39 is 10.0 Å². The SMILES string of the molecule is Cc1ccc(CNC(=O)CCNS(=O)(=O)c2ccc3c(c2)CCC(=O)N3)cc1. The first-order valence-electron chi connectivity index (χ1n) is 9.08. The molecule has 0 fully saturated rings. The molecule has 2 aromatic carbocycles. The van der Waals surface area contributed by atoms with Crippen LogP contribution in [0, 0.1) is 6.92 Å². The summed E-state index contributed by atoms with van der Waals surface area (Å²) in [6, 6.07) is 12.4. The lowest BCUT2D eigenvalue weighted by Crippen LogP contribution is -2.30. The van der Waals surface area contributed by atoms with Crippen LogP contribution in [-0.2, 0) is 32.6 Å². The van der Waals surface area contributed by atoms with Crippen molar-refractivity contribution in [3.8, 4) is 0 Å². The molecule has 8 heteroatoms. The third-order valence-electron chi connectivity index (χ3n) is 4.54. The van der Waals surface area contributed by atoms with Gasteiger partial charge in [0.05, 0.1) is 4.90 Å². The van der Waals surface area contributed by atoms with Crippen LogP contribution in [0.1, 0.15) is 29.5 Å². The van der Waals surface area contributed by atoms with Crippen LogP contribution in [0.3, 0.4) is 0 Å². The molecule has 2 amide bonds. The maximum atomic E-state index is 12.4. The van der Waals surface area contributed by atoms with E-state index >= 15 is 0 Å². The van der Waals surface area contributed by atoms with E-state index in [1.54, 1.807) is 12.1 Å². The van der Waals surface area contributed by atoms with Gasteiger partial charge in [0.1, 0.15) is 0 Å². The van der Waals surface area contributed by atoms with Crippen molar-refractivity contribution in [2.24, 2.45) is 0 Å². The number of hydrogen-bond donors (Lipinski definition) is 3. The molecule has 0 unspecified atom stereocenters. The van der Waals surface area contributed by atoms with Gasteiger partial charge in [0.2, 0.25) is 21.8 Å². The van der Waals surface area contributed by atoms with Crippen molar-refractivity contribution in [2.75, 3.05) is 11.9 Å². The molecule has 0 saturated heterocycles. The van der Waals surface area contributed by atoms with Crippen LogP contribution >= 0.6 is 0 Å². The predicted molar refractivity (Wildman–Crippen MR) is 106 cm³/mol. The van der Waals surface area contributed by atoms with Gasteiger partial charge in [-0.25, -0.2) is 13.1 Å². The highest BCUT2D eigenvalue weighted by molar-refractivity contribution is 7.89. The highest BCUT2D eigenvalue weighted by Gasteiger charge is 2.20. The number of aryl methyl sites for hydroxylation is 2. The number of carbonyl (C=O) groups is 2. The normalized spacial score (nSPS) is 13.5. The van der Waals surface area contributed by atoms with Gasteiger partial charge in [0.25, 0.3) is 0 Å². The van der Waals surface area contributed by atoms with Crippen molar-refractivity contribution in [3.63, 3.8) is 0 Å². The number of rotatable bonds is 7. The average Bonchev–Trinajstić information content (AvgIpc) is 2.67. The Hall–Kier alpha value is -2.71. The Morgan fingerprint density at radius 3 is 2.61 bits per heavy atom. The van der Waals surface area contributed by atoms with E-state index in [2.05, 4.69) is 15.4 Å². The van der Waals surface area contributed by atoms with Crippen molar-refractivity contribution in [2.45, 2.75) is 37.6 Å². The molecule has 2 aromatic rings. The quantitative estimate of drug-likeness (QED) is 0.659. The lowest BCUT2D eigenvalue weighted by Gasteiger charge is -2.17. The van der Waals surface area contributed by atoms with Gasteiger partial charge in [-0.1, -0.05) is 29.8 Å². The molecule has 0 bridgehead atoms. The van der Waals surface area contributed by atoms with E-state index in [0.717, 1.165) is 16.7 Å². The monoisotopic (exact) mass is 401 g/mol. The summed E-state index contributed by atoms with van der Waals surface area (Å²) in [5.41, 5.74) is 3.57. The molecule has 1 aliphatic heterocycles. The zero-order valence-electron chi connectivity index (χ0n) is 15.6. The minimum atomic E-state index is -3.72. The summed E-state index contributed by atoms with van der Waals surface area (Å²) in [6.07, 6.45) is 0.892. The summed E-state index contributed by atoms with van der Waals surface area (Å²) in [5, 5.41) is 5.50. The molecule has 0 spiro atoms. The van der Waals surface area contributed by atoms with Gasteiger partial charge in [0.15, 0.2) is 0 Å². The summed E-state index contributed by atoms with van der Waals surface area (Å²) in [6.45, 7) is 2.41. The van der Waals surface area contributed by atoms with Gasteiger partial charge < -0.3 is 10.6 Å². The first kappa shape index (κ1) is 20.0. The molecule has 3 rings (SSSR count). The number of sulfonamides is 1. The van der Waals surface area contributed by atoms with E-state index in [-0.39, 0.29) is 29.7 Å². The number of nitrogens with one attached hydrogen (secondary N) is 3. The molecule has 1 aliphatic rings. The van der Waals surface area contributed by atoms with Gasteiger partial charge in [-0.05, 0) is 42.7 Å². The van der Waals surface area contributed by atoms with E-state index in [1.165, 1.54) is 6.07 Å². The van der Waals surface area contributed by atoms with Crippen LogP contribution in [0.5, 0.6) is 0 Å². The van der Waals surface area contributed by atoms with Crippen LogP contribution in [0.15, 0.2) is 47.4 Å². The molecule has 28 heavy (non-hydrogen) atoms. The van der Waals surface area contributed by atoms with E-state index in [0.29, 0.717) is 25.1 Å². The van der Waals surface area contributed by atoms with Crippen LogP contribution < -0.4 is 15.4 Å². The van der Waals surface area contributed by atoms with Gasteiger partial charge in [-0.15, -0.1) is 0 Å². The van der Waals surface area contributed by atoms with Crippen LogP contribution in [0.4, 0.5) is 5.69 Å². The second-order valence-electron chi connectivity index (χ2n) is 6.78. The number of amides is 2. The fourth-order valence-electron chi connectivity index (χ4n) is 2.90. The molecule has 7 nitrogen and oxygen atoms in total. The molecular weight excluding hydrogens is 378 g/mol. The molecule has 0 atom stereocenters. The molecule has 0 saturated carbocycles. The fraction of sp³-hybridized carbons (Fsp3) is 0.300. The van der Waals surface area contributed by atoms with Crippen LogP contribution in [-0.4, -0.2) is 26.8 Å². The Morgan fingerprint density at radius 2 is 1.86 bits per heavy atom. The molecule has 0 radical (unpaired) electrons. The lowest BCUT2D eigenvalue weighted by molar-refractivity contribution is -0.121. The molecule has 148 valence electrons. The molecular formula is C20H23N3O4S. The Morgan fingerprint density at radius 1 is 1.11 bits per heavy atom. The van der Waals surface area contributed by atoms with E-state index in [1.807, 2.05) is 31.2 Å². The number of benzene rings is 2. The first-order chi connectivity index (χ1) is 13.3. The second-order valence-corrected chi connectivity index (χ2v) is 8.54. The fourth-order valence-corrected chi connectivity index (χ4v) is 3.99. The van der Waals surface area contributed by atoms with Gasteiger partial charge >= 0.3 is 0 Å². The highest BCUT2D eigenvalue weighted by Crippen LogP contribution is 2.25. The predicted octanol–water partition coefficient (Wildman–Crippen LogP) is 1.86. The largest absolute Gasteiger partial charge is 0.352 e. The van der Waals surface area contributed by atoms with E-state index in [4.69, 9.17) is 0 Å². The number of fused-ring (bicyclic) bond motifs is 1. The standard InChI is InChI=1S/C20H23N3O4S/c1-14-2-4-15(5-3-14)13-21-19(24)10-11-22-28(26,27)17-7-8-18-16(12-17)6-9-20(25)23-18/h2-5,7-8,12,22H,6,9-11,13H2,1H3,(H,21,24)(H,23,25). The first-order valence-corrected chi connectivity index (χ1v) is 10.6. The van der Waals surface area contributed by atoms with Crippen molar-refractivity contribution < 1.29 is 18.0 Å². The molecule has 0 aromatic heterocycles.